The number of nitrogens with zero attached hydrogens (tertiary/aromatic N) is 1. The van der Waals surface area contributed by atoms with E-state index >= 15 is 0 Å². The number of benzene rings is 1. The van der Waals surface area contributed by atoms with E-state index in [0.717, 1.165) is 0 Å². The summed E-state index contributed by atoms with van der Waals surface area (Å²) in [5, 5.41) is 0.0815. The molecule has 0 aliphatic carbocycles. The predicted octanol–water partition coefficient (Wildman–Crippen LogP) is 5.04. The highest BCUT2D eigenvalue weighted by molar-refractivity contribution is 6.62. The van der Waals surface area contributed by atoms with Gasteiger partial charge in [-0.15, -0.1) is 0 Å². The summed E-state index contributed by atoms with van der Waals surface area (Å²) in [6, 6.07) is 4.78. The molecular weight excluding hydrogens is 388 g/mol. The van der Waals surface area contributed by atoms with Crippen LogP contribution in [0, 0.1) is 0 Å². The highest BCUT2D eigenvalue weighted by Crippen LogP contribution is 2.44. The first-order valence-electron chi connectivity index (χ1n) is 6.89. The van der Waals surface area contributed by atoms with Crippen LogP contribution in [0.4, 0.5) is 13.2 Å². The molecule has 1 aromatic heterocycles. The summed E-state index contributed by atoms with van der Waals surface area (Å²) in [5.41, 5.74) is 1.08. The molecule has 1 aromatic carbocycles. The van der Waals surface area contributed by atoms with Gasteiger partial charge < -0.3 is 9.88 Å². The highest BCUT2D eigenvalue weighted by Gasteiger charge is 2.50. The molecule has 1 N–H and O–H groups in total. The van der Waals surface area contributed by atoms with E-state index in [9.17, 15) is 18.0 Å². The summed E-state index contributed by atoms with van der Waals surface area (Å²) in [4.78, 5) is 15.7. The third kappa shape index (κ3) is 2.87. The van der Waals surface area contributed by atoms with E-state index in [0.29, 0.717) is 21.4 Å². The fourth-order valence-corrected chi connectivity index (χ4v) is 3.28. The number of H-pyrrole nitrogens is 1. The number of amides is 1. The first-order chi connectivity index (χ1) is 11.2. The number of rotatable bonds is 1. The van der Waals surface area contributed by atoms with Gasteiger partial charge in [-0.2, -0.15) is 13.2 Å². The number of hydrogen-bond acceptors (Lipinski definition) is 1. The molecule has 3 nitrogen and oxygen atoms in total. The first-order valence-corrected chi connectivity index (χ1v) is 8.03. The molecule has 1 aliphatic heterocycles. The minimum atomic E-state index is -4.68. The van der Waals surface area contributed by atoms with Crippen LogP contribution in [0.25, 0.3) is 10.9 Å². The van der Waals surface area contributed by atoms with E-state index in [1.807, 2.05) is 0 Å². The zero-order valence-corrected chi connectivity index (χ0v) is 14.2. The molecule has 0 spiro atoms. The summed E-state index contributed by atoms with van der Waals surface area (Å²) in [7, 11) is 0. The topological polar surface area (TPSA) is 36.1 Å². The SMILES string of the molecule is O=C(C(Cl)=C(Cl)Cl)N1CCc2c([nH]c3ccccc23)C1C(F)(F)F. The standard InChI is InChI=1S/C15H10Cl3F3N2O/c16-10(13(17)18)14(24)23-6-5-8-7-3-1-2-4-9(7)22-11(8)12(23)15(19,20)21/h1-4,12,22H,5-6H2. The second kappa shape index (κ2) is 6.17. The highest BCUT2D eigenvalue weighted by atomic mass is 35.5. The van der Waals surface area contributed by atoms with Gasteiger partial charge in [-0.1, -0.05) is 53.0 Å². The smallest absolute Gasteiger partial charge is 0.356 e. The van der Waals surface area contributed by atoms with Gasteiger partial charge in [0.05, 0.1) is 5.69 Å². The minimum absolute atomic E-state index is 0.0570. The van der Waals surface area contributed by atoms with Crippen molar-refractivity contribution in [1.82, 2.24) is 9.88 Å². The number of hydrogen-bond donors (Lipinski definition) is 1. The molecule has 1 atom stereocenters. The summed E-state index contributed by atoms with van der Waals surface area (Å²) in [6.45, 7) is -0.144. The van der Waals surface area contributed by atoms with Gasteiger partial charge in [0.1, 0.15) is 9.52 Å². The van der Waals surface area contributed by atoms with Gasteiger partial charge in [0.2, 0.25) is 0 Å². The molecule has 2 aromatic rings. The molecule has 3 rings (SSSR count). The second-order valence-corrected chi connectivity index (χ2v) is 6.66. The van der Waals surface area contributed by atoms with Gasteiger partial charge >= 0.3 is 6.18 Å². The largest absolute Gasteiger partial charge is 0.414 e. The van der Waals surface area contributed by atoms with Crippen LogP contribution in [-0.4, -0.2) is 28.5 Å². The van der Waals surface area contributed by atoms with Gasteiger partial charge in [-0.05, 0) is 18.1 Å². The van der Waals surface area contributed by atoms with Gasteiger partial charge in [-0.25, -0.2) is 0 Å². The first kappa shape index (κ1) is 17.5. The van der Waals surface area contributed by atoms with Crippen LogP contribution < -0.4 is 0 Å². The average molecular weight is 398 g/mol. The maximum atomic E-state index is 13.7. The Morgan fingerprint density at radius 2 is 1.88 bits per heavy atom. The van der Waals surface area contributed by atoms with Crippen molar-refractivity contribution in [2.45, 2.75) is 18.6 Å². The lowest BCUT2D eigenvalue weighted by atomic mass is 9.96. The fraction of sp³-hybridized carbons (Fsp3) is 0.267. The van der Waals surface area contributed by atoms with Gasteiger partial charge in [0.25, 0.3) is 5.91 Å². The number of aromatic nitrogens is 1. The number of alkyl halides is 3. The Kier molecular flexibility index (Phi) is 4.49. The average Bonchev–Trinajstić information content (AvgIpc) is 2.89. The lowest BCUT2D eigenvalue weighted by molar-refractivity contribution is -0.193. The van der Waals surface area contributed by atoms with Crippen LogP contribution in [0.5, 0.6) is 0 Å². The number of carbonyl (C=O) groups excluding carboxylic acids is 1. The lowest BCUT2D eigenvalue weighted by Crippen LogP contribution is -2.46. The Balaban J connectivity index is 2.15. The molecule has 1 aliphatic rings. The van der Waals surface area contributed by atoms with E-state index in [2.05, 4.69) is 4.98 Å². The van der Waals surface area contributed by atoms with Gasteiger partial charge in [0.15, 0.2) is 6.04 Å². The third-order valence-corrected chi connectivity index (χ3v) is 4.88. The molecular formula is C15H10Cl3F3N2O. The Labute approximate surface area is 150 Å². The zero-order chi connectivity index (χ0) is 17.6. The molecule has 0 bridgehead atoms. The summed E-state index contributed by atoms with van der Waals surface area (Å²) >= 11 is 16.6. The lowest BCUT2D eigenvalue weighted by Gasteiger charge is -2.36. The van der Waals surface area contributed by atoms with Crippen molar-refractivity contribution >= 4 is 51.6 Å². The number of carbonyl (C=O) groups is 1. The van der Waals surface area contributed by atoms with Crippen molar-refractivity contribution in [2.75, 3.05) is 6.54 Å². The van der Waals surface area contributed by atoms with Gasteiger partial charge in [-0.3, -0.25) is 4.79 Å². The maximum absolute atomic E-state index is 13.7. The van der Waals surface area contributed by atoms with Crippen LogP contribution in [-0.2, 0) is 11.2 Å². The Hall–Kier alpha value is -1.37. The van der Waals surface area contributed by atoms with Crippen LogP contribution in [0.1, 0.15) is 17.3 Å². The molecule has 1 unspecified atom stereocenters. The number of halogens is 6. The Morgan fingerprint density at radius 1 is 1.21 bits per heavy atom. The van der Waals surface area contributed by atoms with E-state index in [4.69, 9.17) is 34.8 Å². The fourth-order valence-electron chi connectivity index (χ4n) is 3.01. The van der Waals surface area contributed by atoms with E-state index in [1.165, 1.54) is 0 Å². The van der Waals surface area contributed by atoms with E-state index in [1.54, 1.807) is 24.3 Å². The minimum Gasteiger partial charge on any atom is -0.356 e. The van der Waals surface area contributed by atoms with Crippen LogP contribution in [0.15, 0.2) is 33.8 Å². The van der Waals surface area contributed by atoms with Crippen molar-refractivity contribution < 1.29 is 18.0 Å². The third-order valence-electron chi connectivity index (χ3n) is 3.96. The summed E-state index contributed by atoms with van der Waals surface area (Å²) in [6.07, 6.45) is -4.41. The zero-order valence-electron chi connectivity index (χ0n) is 11.9. The quantitative estimate of drug-likeness (QED) is 0.672. The van der Waals surface area contributed by atoms with E-state index < -0.39 is 27.6 Å². The summed E-state index contributed by atoms with van der Waals surface area (Å²) in [5.74, 6) is -1.05. The maximum Gasteiger partial charge on any atom is 0.414 e. The van der Waals surface area contributed by atoms with Gasteiger partial charge in [0, 0.05) is 17.4 Å². The molecule has 128 valence electrons. The molecule has 0 fully saturated rings. The normalized spacial score (nSPS) is 17.8. The number of fused-ring (bicyclic) bond motifs is 3. The van der Waals surface area contributed by atoms with Crippen LogP contribution in [0.3, 0.4) is 0 Å². The summed E-state index contributed by atoms with van der Waals surface area (Å²) < 4.78 is 40.5. The molecule has 1 amide bonds. The molecule has 2 heterocycles. The van der Waals surface area contributed by atoms with Crippen LogP contribution >= 0.6 is 34.8 Å². The van der Waals surface area contributed by atoms with Crippen molar-refractivity contribution in [3.8, 4) is 0 Å². The van der Waals surface area contributed by atoms with E-state index in [-0.39, 0.29) is 18.7 Å². The Bertz CT molecular complexity index is 840. The Morgan fingerprint density at radius 3 is 2.50 bits per heavy atom. The molecule has 0 saturated carbocycles. The second-order valence-electron chi connectivity index (χ2n) is 5.33. The molecule has 24 heavy (non-hydrogen) atoms. The van der Waals surface area contributed by atoms with Crippen LogP contribution in [0.2, 0.25) is 0 Å². The molecule has 0 saturated heterocycles. The van der Waals surface area contributed by atoms with Crippen molar-refractivity contribution in [2.24, 2.45) is 0 Å². The van der Waals surface area contributed by atoms with Crippen molar-refractivity contribution in [3.63, 3.8) is 0 Å². The number of aromatic amines is 1. The number of nitrogens with one attached hydrogen (secondary N) is 1. The molecule has 0 radical (unpaired) electrons. The monoisotopic (exact) mass is 396 g/mol. The number of para-hydroxylation sites is 1. The molecule has 9 heteroatoms. The predicted molar refractivity (Wildman–Crippen MR) is 87.1 cm³/mol. The van der Waals surface area contributed by atoms with Crippen molar-refractivity contribution in [3.05, 3.63) is 45.0 Å². The van der Waals surface area contributed by atoms with Crippen molar-refractivity contribution in [1.29, 1.82) is 0 Å².